The summed E-state index contributed by atoms with van der Waals surface area (Å²) < 4.78 is 0. The number of nitrogens with zero attached hydrogens (tertiary/aromatic N) is 1. The number of rotatable bonds is 3. The molecule has 16 heavy (non-hydrogen) atoms. The summed E-state index contributed by atoms with van der Waals surface area (Å²) >= 11 is 0. The van der Waals surface area contributed by atoms with Gasteiger partial charge in [0, 0.05) is 37.4 Å². The molecule has 1 aliphatic heterocycles. The highest BCUT2D eigenvalue weighted by Gasteiger charge is 2.16. The summed E-state index contributed by atoms with van der Waals surface area (Å²) in [5, 5.41) is 13.2. The molecule has 1 unspecified atom stereocenters. The Balaban J connectivity index is 2.27. The third kappa shape index (κ3) is 2.26. The summed E-state index contributed by atoms with van der Waals surface area (Å²) in [6, 6.07) is 7.99. The number of nitrogens with one attached hydrogen (secondary N) is 1. The quantitative estimate of drug-likeness (QED) is 0.751. The molecule has 1 aliphatic rings. The molecular weight excluding hydrogens is 200 g/mol. The fraction of sp³-hybridized carbons (Fsp3) is 0.385. The van der Waals surface area contributed by atoms with Crippen molar-refractivity contribution in [3.63, 3.8) is 0 Å². The van der Waals surface area contributed by atoms with E-state index in [1.807, 2.05) is 18.2 Å². The van der Waals surface area contributed by atoms with Crippen LogP contribution < -0.4 is 10.2 Å². The SMILES string of the molecule is C=CC(O)c1ccccc1N1CCNCC1. The second-order valence-electron chi connectivity index (χ2n) is 3.98. The van der Waals surface area contributed by atoms with Crippen LogP contribution in [0.1, 0.15) is 11.7 Å². The molecule has 1 heterocycles. The molecule has 0 saturated carbocycles. The molecule has 1 aromatic rings. The molecule has 86 valence electrons. The van der Waals surface area contributed by atoms with Crippen molar-refractivity contribution in [2.24, 2.45) is 0 Å². The smallest absolute Gasteiger partial charge is 0.0989 e. The van der Waals surface area contributed by atoms with Gasteiger partial charge in [0.2, 0.25) is 0 Å². The molecule has 0 spiro atoms. The molecule has 1 aromatic carbocycles. The van der Waals surface area contributed by atoms with Crippen LogP contribution in [0.25, 0.3) is 0 Å². The van der Waals surface area contributed by atoms with Crippen LogP contribution >= 0.6 is 0 Å². The van der Waals surface area contributed by atoms with E-state index in [9.17, 15) is 5.11 Å². The summed E-state index contributed by atoms with van der Waals surface area (Å²) in [5.41, 5.74) is 2.07. The van der Waals surface area contributed by atoms with Crippen molar-refractivity contribution >= 4 is 5.69 Å². The highest BCUT2D eigenvalue weighted by molar-refractivity contribution is 5.55. The summed E-state index contributed by atoms with van der Waals surface area (Å²) in [4.78, 5) is 2.30. The number of para-hydroxylation sites is 1. The Labute approximate surface area is 96.4 Å². The lowest BCUT2D eigenvalue weighted by molar-refractivity contribution is 0.229. The number of hydrogen-bond donors (Lipinski definition) is 2. The van der Waals surface area contributed by atoms with Crippen LogP contribution in [-0.4, -0.2) is 31.3 Å². The highest BCUT2D eigenvalue weighted by Crippen LogP contribution is 2.26. The van der Waals surface area contributed by atoms with Crippen molar-refractivity contribution in [3.05, 3.63) is 42.5 Å². The first-order valence-corrected chi connectivity index (χ1v) is 5.68. The first-order valence-electron chi connectivity index (χ1n) is 5.68. The van der Waals surface area contributed by atoms with Gasteiger partial charge in [0.15, 0.2) is 0 Å². The van der Waals surface area contributed by atoms with E-state index < -0.39 is 6.10 Å². The molecule has 0 radical (unpaired) electrons. The molecule has 1 atom stereocenters. The Morgan fingerprint density at radius 1 is 1.31 bits per heavy atom. The zero-order valence-corrected chi connectivity index (χ0v) is 9.39. The van der Waals surface area contributed by atoms with Crippen LogP contribution in [0.2, 0.25) is 0 Å². The second kappa shape index (κ2) is 5.14. The Morgan fingerprint density at radius 3 is 2.69 bits per heavy atom. The zero-order chi connectivity index (χ0) is 11.4. The van der Waals surface area contributed by atoms with Gasteiger partial charge in [0.25, 0.3) is 0 Å². The fourth-order valence-corrected chi connectivity index (χ4v) is 2.06. The van der Waals surface area contributed by atoms with Gasteiger partial charge in [0.05, 0.1) is 6.10 Å². The van der Waals surface area contributed by atoms with Crippen LogP contribution in [0.5, 0.6) is 0 Å². The van der Waals surface area contributed by atoms with E-state index in [0.29, 0.717) is 0 Å². The van der Waals surface area contributed by atoms with Crippen LogP contribution in [-0.2, 0) is 0 Å². The van der Waals surface area contributed by atoms with Gasteiger partial charge in [0.1, 0.15) is 0 Å². The van der Waals surface area contributed by atoms with Gasteiger partial charge in [-0.15, -0.1) is 6.58 Å². The van der Waals surface area contributed by atoms with Gasteiger partial charge in [-0.3, -0.25) is 0 Å². The highest BCUT2D eigenvalue weighted by atomic mass is 16.3. The minimum atomic E-state index is -0.578. The monoisotopic (exact) mass is 218 g/mol. The van der Waals surface area contributed by atoms with E-state index in [-0.39, 0.29) is 0 Å². The van der Waals surface area contributed by atoms with Crippen molar-refractivity contribution in [1.29, 1.82) is 0 Å². The van der Waals surface area contributed by atoms with Crippen molar-refractivity contribution in [3.8, 4) is 0 Å². The summed E-state index contributed by atoms with van der Waals surface area (Å²) in [5.74, 6) is 0. The minimum absolute atomic E-state index is 0.578. The summed E-state index contributed by atoms with van der Waals surface area (Å²) in [6.45, 7) is 7.61. The average Bonchev–Trinajstić information content (AvgIpc) is 2.39. The third-order valence-corrected chi connectivity index (χ3v) is 2.94. The number of piperazine rings is 1. The van der Waals surface area contributed by atoms with Crippen LogP contribution in [0.3, 0.4) is 0 Å². The molecule has 1 fully saturated rings. The Kier molecular flexibility index (Phi) is 3.59. The van der Waals surface area contributed by atoms with Crippen molar-refractivity contribution in [1.82, 2.24) is 5.32 Å². The maximum absolute atomic E-state index is 9.88. The van der Waals surface area contributed by atoms with E-state index >= 15 is 0 Å². The van der Waals surface area contributed by atoms with E-state index in [0.717, 1.165) is 37.4 Å². The largest absolute Gasteiger partial charge is 0.384 e. The van der Waals surface area contributed by atoms with Crippen molar-refractivity contribution in [2.75, 3.05) is 31.1 Å². The lowest BCUT2D eigenvalue weighted by Gasteiger charge is -2.31. The Morgan fingerprint density at radius 2 is 2.00 bits per heavy atom. The Bertz CT molecular complexity index is 359. The molecule has 3 nitrogen and oxygen atoms in total. The van der Waals surface area contributed by atoms with Crippen LogP contribution in [0, 0.1) is 0 Å². The number of anilines is 1. The van der Waals surface area contributed by atoms with E-state index in [1.165, 1.54) is 0 Å². The molecule has 0 aliphatic carbocycles. The maximum atomic E-state index is 9.88. The number of hydrogen-bond acceptors (Lipinski definition) is 3. The van der Waals surface area contributed by atoms with Crippen molar-refractivity contribution < 1.29 is 5.11 Å². The first-order chi connectivity index (χ1) is 7.83. The molecule has 1 saturated heterocycles. The predicted molar refractivity (Wildman–Crippen MR) is 66.7 cm³/mol. The maximum Gasteiger partial charge on any atom is 0.0989 e. The molecule has 0 aromatic heterocycles. The Hall–Kier alpha value is -1.32. The fourth-order valence-electron chi connectivity index (χ4n) is 2.06. The second-order valence-corrected chi connectivity index (χ2v) is 3.98. The predicted octanol–water partition coefficient (Wildman–Crippen LogP) is 1.32. The van der Waals surface area contributed by atoms with Gasteiger partial charge >= 0.3 is 0 Å². The number of aliphatic hydroxyl groups is 1. The molecule has 2 rings (SSSR count). The van der Waals surface area contributed by atoms with Gasteiger partial charge in [-0.1, -0.05) is 24.3 Å². The van der Waals surface area contributed by atoms with Gasteiger partial charge in [-0.05, 0) is 6.07 Å². The van der Waals surface area contributed by atoms with Gasteiger partial charge in [-0.2, -0.15) is 0 Å². The topological polar surface area (TPSA) is 35.5 Å². The third-order valence-electron chi connectivity index (χ3n) is 2.94. The average molecular weight is 218 g/mol. The first kappa shape index (κ1) is 11.2. The standard InChI is InChI=1S/C13H18N2O/c1-2-13(16)11-5-3-4-6-12(11)15-9-7-14-8-10-15/h2-6,13-14,16H,1,7-10H2. The van der Waals surface area contributed by atoms with E-state index in [1.54, 1.807) is 6.08 Å². The van der Waals surface area contributed by atoms with Crippen LogP contribution in [0.15, 0.2) is 36.9 Å². The summed E-state index contributed by atoms with van der Waals surface area (Å²) in [6.07, 6.45) is 0.993. The molecule has 2 N–H and O–H groups in total. The molecule has 0 amide bonds. The minimum Gasteiger partial charge on any atom is -0.384 e. The summed E-state index contributed by atoms with van der Waals surface area (Å²) in [7, 11) is 0. The lowest BCUT2D eigenvalue weighted by atomic mass is 10.1. The van der Waals surface area contributed by atoms with Crippen molar-refractivity contribution in [2.45, 2.75) is 6.10 Å². The van der Waals surface area contributed by atoms with Gasteiger partial charge < -0.3 is 15.3 Å². The number of benzene rings is 1. The van der Waals surface area contributed by atoms with Crippen LogP contribution in [0.4, 0.5) is 5.69 Å². The molecule has 0 bridgehead atoms. The normalized spacial score (nSPS) is 18.2. The lowest BCUT2D eigenvalue weighted by Crippen LogP contribution is -2.44. The molecule has 3 heteroatoms. The number of aliphatic hydroxyl groups excluding tert-OH is 1. The zero-order valence-electron chi connectivity index (χ0n) is 9.39. The van der Waals surface area contributed by atoms with E-state index in [2.05, 4.69) is 22.9 Å². The van der Waals surface area contributed by atoms with E-state index in [4.69, 9.17) is 0 Å². The molecular formula is C13H18N2O. The van der Waals surface area contributed by atoms with Gasteiger partial charge in [-0.25, -0.2) is 0 Å².